The van der Waals surface area contributed by atoms with E-state index in [2.05, 4.69) is 0 Å². The first-order valence-corrected chi connectivity index (χ1v) is 7.64. The maximum absolute atomic E-state index is 14.0. The summed E-state index contributed by atoms with van der Waals surface area (Å²) < 4.78 is 64.6. The monoisotopic (exact) mass is 315 g/mol. The van der Waals surface area contributed by atoms with E-state index >= 15 is 0 Å². The summed E-state index contributed by atoms with van der Waals surface area (Å²) in [6.07, 6.45) is 0. The summed E-state index contributed by atoms with van der Waals surface area (Å²) in [4.78, 5) is -0.665. The fraction of sp³-hybridized carbons (Fsp3) is 0.143. The molecule has 0 atom stereocenters. The minimum atomic E-state index is -4.13. The van der Waals surface area contributed by atoms with Gasteiger partial charge in [-0.25, -0.2) is 21.6 Å². The van der Waals surface area contributed by atoms with Gasteiger partial charge >= 0.3 is 0 Å². The van der Waals surface area contributed by atoms with Crippen molar-refractivity contribution in [3.8, 4) is 0 Å². The van der Waals surface area contributed by atoms with E-state index in [1.807, 2.05) is 0 Å². The average molecular weight is 315 g/mol. The Hall–Kier alpha value is -1.86. The van der Waals surface area contributed by atoms with Crippen LogP contribution in [0.3, 0.4) is 0 Å². The van der Waals surface area contributed by atoms with Crippen molar-refractivity contribution in [2.75, 3.05) is 0 Å². The lowest BCUT2D eigenvalue weighted by atomic mass is 10.1. The normalized spacial score (nSPS) is 11.6. The topological polar surface area (TPSA) is 60.2 Å². The van der Waals surface area contributed by atoms with E-state index in [9.17, 15) is 21.6 Å². The van der Waals surface area contributed by atoms with Gasteiger partial charge in [0.2, 0.25) is 0 Å². The SMILES string of the molecule is NCc1cccc(CS(=O)(=O)c2ccc(F)cc2F)c1F. The highest BCUT2D eigenvalue weighted by atomic mass is 32.2. The number of nitrogens with two attached hydrogens (primary N) is 1. The second-order valence-electron chi connectivity index (χ2n) is 4.43. The summed E-state index contributed by atoms with van der Waals surface area (Å²) in [5, 5.41) is 0. The summed E-state index contributed by atoms with van der Waals surface area (Å²) in [6, 6.07) is 6.32. The first-order valence-electron chi connectivity index (χ1n) is 5.99. The molecule has 0 radical (unpaired) electrons. The number of halogens is 3. The van der Waals surface area contributed by atoms with Gasteiger partial charge in [0, 0.05) is 23.7 Å². The van der Waals surface area contributed by atoms with Crippen molar-refractivity contribution >= 4 is 9.84 Å². The van der Waals surface area contributed by atoms with Crippen LogP contribution in [0.15, 0.2) is 41.3 Å². The molecular weight excluding hydrogens is 303 g/mol. The summed E-state index contributed by atoms with van der Waals surface area (Å²) >= 11 is 0. The van der Waals surface area contributed by atoms with Crippen molar-refractivity contribution in [2.45, 2.75) is 17.2 Å². The molecule has 2 aromatic rings. The van der Waals surface area contributed by atoms with Crippen LogP contribution in [0.25, 0.3) is 0 Å². The van der Waals surface area contributed by atoms with Gasteiger partial charge < -0.3 is 5.73 Å². The van der Waals surface area contributed by atoms with Crippen LogP contribution in [-0.4, -0.2) is 8.42 Å². The molecule has 3 nitrogen and oxygen atoms in total. The molecule has 0 saturated heterocycles. The van der Waals surface area contributed by atoms with E-state index in [4.69, 9.17) is 5.73 Å². The number of rotatable bonds is 4. The smallest absolute Gasteiger partial charge is 0.185 e. The predicted octanol–water partition coefficient (Wildman–Crippen LogP) is 2.54. The Balaban J connectivity index is 2.42. The summed E-state index contributed by atoms with van der Waals surface area (Å²) in [6.45, 7) is -0.0787. The highest BCUT2D eigenvalue weighted by Crippen LogP contribution is 2.22. The Labute approximate surface area is 120 Å². The molecule has 0 aliphatic rings. The molecule has 0 amide bonds. The minimum absolute atomic E-state index is 0.0787. The third kappa shape index (κ3) is 3.25. The maximum atomic E-state index is 14.0. The van der Waals surface area contributed by atoms with Crippen LogP contribution in [0.5, 0.6) is 0 Å². The second kappa shape index (κ2) is 5.87. The zero-order valence-electron chi connectivity index (χ0n) is 10.8. The molecule has 0 aliphatic carbocycles. The van der Waals surface area contributed by atoms with Gasteiger partial charge in [-0.1, -0.05) is 18.2 Å². The fourth-order valence-corrected chi connectivity index (χ4v) is 3.33. The zero-order valence-corrected chi connectivity index (χ0v) is 11.6. The number of hydrogen-bond donors (Lipinski definition) is 1. The second-order valence-corrected chi connectivity index (χ2v) is 6.39. The van der Waals surface area contributed by atoms with Crippen LogP contribution >= 0.6 is 0 Å². The Kier molecular flexibility index (Phi) is 4.34. The lowest BCUT2D eigenvalue weighted by Gasteiger charge is -2.09. The van der Waals surface area contributed by atoms with Crippen LogP contribution in [-0.2, 0) is 22.1 Å². The molecule has 0 bridgehead atoms. The van der Waals surface area contributed by atoms with Gasteiger partial charge in [-0.15, -0.1) is 0 Å². The Bertz CT molecular complexity index is 776. The van der Waals surface area contributed by atoms with Gasteiger partial charge in [-0.05, 0) is 12.1 Å². The molecule has 0 heterocycles. The maximum Gasteiger partial charge on any atom is 0.185 e. The van der Waals surface area contributed by atoms with Crippen molar-refractivity contribution in [3.05, 3.63) is 65.0 Å². The molecule has 0 fully saturated rings. The zero-order chi connectivity index (χ0) is 15.6. The quantitative estimate of drug-likeness (QED) is 0.882. The first-order chi connectivity index (χ1) is 9.85. The molecule has 0 aliphatic heterocycles. The third-order valence-corrected chi connectivity index (χ3v) is 4.65. The van der Waals surface area contributed by atoms with Crippen LogP contribution in [0.2, 0.25) is 0 Å². The van der Waals surface area contributed by atoms with Crippen molar-refractivity contribution in [2.24, 2.45) is 5.73 Å². The van der Waals surface area contributed by atoms with Crippen molar-refractivity contribution in [3.63, 3.8) is 0 Å². The predicted molar refractivity (Wildman–Crippen MR) is 71.5 cm³/mol. The Morgan fingerprint density at radius 3 is 2.29 bits per heavy atom. The summed E-state index contributed by atoms with van der Waals surface area (Å²) in [5.41, 5.74) is 5.40. The molecule has 0 saturated carbocycles. The molecule has 2 N–H and O–H groups in total. The van der Waals surface area contributed by atoms with E-state index in [1.165, 1.54) is 18.2 Å². The average Bonchev–Trinajstić information content (AvgIpc) is 2.40. The van der Waals surface area contributed by atoms with Crippen LogP contribution in [0.4, 0.5) is 13.2 Å². The van der Waals surface area contributed by atoms with Gasteiger partial charge in [-0.3, -0.25) is 0 Å². The van der Waals surface area contributed by atoms with Crippen molar-refractivity contribution < 1.29 is 21.6 Å². The minimum Gasteiger partial charge on any atom is -0.326 e. The molecule has 2 aromatic carbocycles. The first kappa shape index (κ1) is 15.5. The highest BCUT2D eigenvalue weighted by molar-refractivity contribution is 7.90. The van der Waals surface area contributed by atoms with Crippen LogP contribution in [0, 0.1) is 17.5 Å². The van der Waals surface area contributed by atoms with E-state index in [0.29, 0.717) is 6.07 Å². The van der Waals surface area contributed by atoms with E-state index in [1.54, 1.807) is 0 Å². The summed E-state index contributed by atoms with van der Waals surface area (Å²) in [7, 11) is -4.13. The summed E-state index contributed by atoms with van der Waals surface area (Å²) in [5.74, 6) is -3.55. The lowest BCUT2D eigenvalue weighted by Crippen LogP contribution is -2.10. The van der Waals surface area contributed by atoms with Gasteiger partial charge in [0.25, 0.3) is 0 Å². The largest absolute Gasteiger partial charge is 0.326 e. The Morgan fingerprint density at radius 2 is 1.67 bits per heavy atom. The van der Waals surface area contributed by atoms with Gasteiger partial charge in [0.15, 0.2) is 9.84 Å². The lowest BCUT2D eigenvalue weighted by molar-refractivity contribution is 0.547. The van der Waals surface area contributed by atoms with E-state index in [-0.39, 0.29) is 17.7 Å². The van der Waals surface area contributed by atoms with Gasteiger partial charge in [-0.2, -0.15) is 0 Å². The van der Waals surface area contributed by atoms with Crippen molar-refractivity contribution in [1.29, 1.82) is 0 Å². The number of benzene rings is 2. The van der Waals surface area contributed by atoms with Gasteiger partial charge in [0.05, 0.1) is 5.75 Å². The molecular formula is C14H12F3NO2S. The molecule has 0 spiro atoms. The molecule has 2 rings (SSSR count). The fourth-order valence-electron chi connectivity index (χ4n) is 1.91. The molecule has 0 unspecified atom stereocenters. The van der Waals surface area contributed by atoms with Crippen LogP contribution in [0.1, 0.15) is 11.1 Å². The van der Waals surface area contributed by atoms with Crippen LogP contribution < -0.4 is 5.73 Å². The third-order valence-electron chi connectivity index (χ3n) is 2.95. The molecule has 112 valence electrons. The van der Waals surface area contributed by atoms with Crippen molar-refractivity contribution in [1.82, 2.24) is 0 Å². The molecule has 21 heavy (non-hydrogen) atoms. The number of hydrogen-bond acceptors (Lipinski definition) is 3. The highest BCUT2D eigenvalue weighted by Gasteiger charge is 2.22. The standard InChI is InChI=1S/C14H12F3NO2S/c15-11-4-5-13(12(16)6-11)21(19,20)8-10-3-1-2-9(7-18)14(10)17/h1-6H,7-8,18H2. The molecule has 0 aromatic heterocycles. The van der Waals surface area contributed by atoms with E-state index in [0.717, 1.165) is 12.1 Å². The van der Waals surface area contributed by atoms with Gasteiger partial charge in [0.1, 0.15) is 22.3 Å². The number of sulfone groups is 1. The Morgan fingerprint density at radius 1 is 1.00 bits per heavy atom. The van der Waals surface area contributed by atoms with E-state index < -0.39 is 37.9 Å². The molecule has 7 heteroatoms.